The fraction of sp³-hybridized carbons (Fsp3) is 0.364. The van der Waals surface area contributed by atoms with E-state index in [2.05, 4.69) is 31.3 Å². The summed E-state index contributed by atoms with van der Waals surface area (Å²) in [6.45, 7) is 8.77. The Balaban J connectivity index is 1.68. The first kappa shape index (κ1) is 18.2. The maximum Gasteiger partial charge on any atom is 0.229 e. The number of aryl methyl sites for hydroxylation is 2. The third kappa shape index (κ3) is 3.79. The second-order valence-corrected chi connectivity index (χ2v) is 7.44. The highest BCUT2D eigenvalue weighted by Gasteiger charge is 2.35. The molecule has 1 aliphatic heterocycles. The third-order valence-corrected chi connectivity index (χ3v) is 5.14. The van der Waals surface area contributed by atoms with Crippen LogP contribution in [0.15, 0.2) is 42.5 Å². The molecule has 0 spiro atoms. The molecule has 2 amide bonds. The van der Waals surface area contributed by atoms with Crippen LogP contribution in [-0.2, 0) is 9.59 Å². The van der Waals surface area contributed by atoms with E-state index in [0.717, 1.165) is 16.9 Å². The average Bonchev–Trinajstić information content (AvgIpc) is 3.00. The van der Waals surface area contributed by atoms with Gasteiger partial charge < -0.3 is 10.2 Å². The summed E-state index contributed by atoms with van der Waals surface area (Å²) in [6.07, 6.45) is 0.253. The number of rotatable bonds is 4. The number of nitrogens with one attached hydrogen (secondary N) is 1. The minimum atomic E-state index is -0.325. The summed E-state index contributed by atoms with van der Waals surface area (Å²) < 4.78 is 0. The molecule has 2 aromatic rings. The third-order valence-electron chi connectivity index (χ3n) is 5.14. The van der Waals surface area contributed by atoms with Gasteiger partial charge in [0.1, 0.15) is 0 Å². The molecule has 136 valence electrons. The van der Waals surface area contributed by atoms with Crippen molar-refractivity contribution in [3.8, 4) is 0 Å². The Bertz CT molecular complexity index is 825. The SMILES string of the molecule is Cc1ccc(NC(=O)C2CC(=O)N(c3ccc(C(C)C)cc3)C2)cc1C. The standard InChI is InChI=1S/C22H26N2O2/c1-14(2)17-6-9-20(10-7-17)24-13-18(12-21(24)25)22(26)23-19-8-5-15(3)16(4)11-19/h5-11,14,18H,12-13H2,1-4H3,(H,23,26). The van der Waals surface area contributed by atoms with Crippen LogP contribution in [0.2, 0.25) is 0 Å². The van der Waals surface area contributed by atoms with E-state index < -0.39 is 0 Å². The number of nitrogens with zero attached hydrogens (tertiary/aromatic N) is 1. The molecule has 1 unspecified atom stereocenters. The van der Waals surface area contributed by atoms with Crippen molar-refractivity contribution in [1.29, 1.82) is 0 Å². The van der Waals surface area contributed by atoms with E-state index in [-0.39, 0.29) is 24.2 Å². The molecule has 0 aliphatic carbocycles. The second kappa shape index (κ2) is 7.32. The number of amides is 2. The molecule has 1 aliphatic rings. The molecule has 1 atom stereocenters. The monoisotopic (exact) mass is 350 g/mol. The quantitative estimate of drug-likeness (QED) is 0.887. The van der Waals surface area contributed by atoms with E-state index in [4.69, 9.17) is 0 Å². The van der Waals surface area contributed by atoms with Gasteiger partial charge in [-0.3, -0.25) is 9.59 Å². The summed E-state index contributed by atoms with van der Waals surface area (Å²) in [4.78, 5) is 26.7. The van der Waals surface area contributed by atoms with E-state index >= 15 is 0 Å². The molecule has 4 nitrogen and oxygen atoms in total. The van der Waals surface area contributed by atoms with Crippen LogP contribution < -0.4 is 10.2 Å². The summed E-state index contributed by atoms with van der Waals surface area (Å²) in [5, 5.41) is 2.95. The van der Waals surface area contributed by atoms with Crippen LogP contribution in [0.1, 0.15) is 42.9 Å². The number of benzene rings is 2. The average molecular weight is 350 g/mol. The van der Waals surface area contributed by atoms with E-state index in [9.17, 15) is 9.59 Å². The van der Waals surface area contributed by atoms with Crippen molar-refractivity contribution < 1.29 is 9.59 Å². The molecule has 26 heavy (non-hydrogen) atoms. The zero-order valence-electron chi connectivity index (χ0n) is 15.9. The van der Waals surface area contributed by atoms with Crippen molar-refractivity contribution in [2.75, 3.05) is 16.8 Å². The lowest BCUT2D eigenvalue weighted by molar-refractivity contribution is -0.122. The van der Waals surface area contributed by atoms with Gasteiger partial charge in [0.2, 0.25) is 11.8 Å². The fourth-order valence-corrected chi connectivity index (χ4v) is 3.24. The summed E-state index contributed by atoms with van der Waals surface area (Å²) in [5.41, 5.74) is 5.21. The Morgan fingerprint density at radius 3 is 2.38 bits per heavy atom. The van der Waals surface area contributed by atoms with Gasteiger partial charge in [-0.2, -0.15) is 0 Å². The van der Waals surface area contributed by atoms with Crippen LogP contribution in [0, 0.1) is 19.8 Å². The van der Waals surface area contributed by atoms with Crippen LogP contribution in [0.4, 0.5) is 11.4 Å². The molecule has 0 saturated carbocycles. The molecule has 1 fully saturated rings. The highest BCUT2D eigenvalue weighted by molar-refractivity contribution is 6.03. The molecular weight excluding hydrogens is 324 g/mol. The number of hydrogen-bond donors (Lipinski definition) is 1. The number of anilines is 2. The van der Waals surface area contributed by atoms with E-state index in [0.29, 0.717) is 12.5 Å². The molecule has 1 N–H and O–H groups in total. The minimum absolute atomic E-state index is 0.00235. The Hall–Kier alpha value is -2.62. The second-order valence-electron chi connectivity index (χ2n) is 7.44. The Labute approximate surface area is 155 Å². The van der Waals surface area contributed by atoms with Crippen molar-refractivity contribution >= 4 is 23.2 Å². The first-order valence-corrected chi connectivity index (χ1v) is 9.13. The molecule has 0 radical (unpaired) electrons. The molecule has 0 bridgehead atoms. The van der Waals surface area contributed by atoms with Crippen molar-refractivity contribution in [1.82, 2.24) is 0 Å². The summed E-state index contributed by atoms with van der Waals surface area (Å²) in [5.74, 6) is 0.0362. The predicted molar refractivity (Wildman–Crippen MR) is 106 cm³/mol. The lowest BCUT2D eigenvalue weighted by atomic mass is 10.0. The van der Waals surface area contributed by atoms with E-state index in [1.54, 1.807) is 4.90 Å². The van der Waals surface area contributed by atoms with Gasteiger partial charge in [0.25, 0.3) is 0 Å². The summed E-state index contributed by atoms with van der Waals surface area (Å²) >= 11 is 0. The molecular formula is C22H26N2O2. The lowest BCUT2D eigenvalue weighted by Gasteiger charge is -2.18. The fourth-order valence-electron chi connectivity index (χ4n) is 3.24. The maximum atomic E-state index is 12.6. The highest BCUT2D eigenvalue weighted by Crippen LogP contribution is 2.27. The minimum Gasteiger partial charge on any atom is -0.326 e. The molecule has 1 saturated heterocycles. The van der Waals surface area contributed by atoms with Crippen LogP contribution in [0.3, 0.4) is 0 Å². The molecule has 3 rings (SSSR count). The molecule has 1 heterocycles. The Morgan fingerprint density at radius 2 is 1.77 bits per heavy atom. The molecule has 4 heteroatoms. The van der Waals surface area contributed by atoms with Crippen molar-refractivity contribution in [2.24, 2.45) is 5.92 Å². The maximum absolute atomic E-state index is 12.6. The van der Waals surface area contributed by atoms with Gasteiger partial charge in [0, 0.05) is 24.3 Å². The van der Waals surface area contributed by atoms with Crippen molar-refractivity contribution in [3.63, 3.8) is 0 Å². The Morgan fingerprint density at radius 1 is 1.08 bits per heavy atom. The zero-order valence-corrected chi connectivity index (χ0v) is 15.9. The van der Waals surface area contributed by atoms with Gasteiger partial charge in [-0.05, 0) is 60.7 Å². The summed E-state index contributed by atoms with van der Waals surface area (Å²) in [7, 11) is 0. The first-order chi connectivity index (χ1) is 12.3. The molecule has 2 aromatic carbocycles. The van der Waals surface area contributed by atoms with Crippen LogP contribution in [-0.4, -0.2) is 18.4 Å². The van der Waals surface area contributed by atoms with Crippen molar-refractivity contribution in [3.05, 3.63) is 59.2 Å². The zero-order chi connectivity index (χ0) is 18.8. The largest absolute Gasteiger partial charge is 0.326 e. The lowest BCUT2D eigenvalue weighted by Crippen LogP contribution is -2.28. The van der Waals surface area contributed by atoms with E-state index in [1.807, 2.05) is 44.2 Å². The van der Waals surface area contributed by atoms with Gasteiger partial charge in [-0.15, -0.1) is 0 Å². The van der Waals surface area contributed by atoms with Gasteiger partial charge in [0.15, 0.2) is 0 Å². The Kier molecular flexibility index (Phi) is 5.12. The van der Waals surface area contributed by atoms with Gasteiger partial charge >= 0.3 is 0 Å². The smallest absolute Gasteiger partial charge is 0.229 e. The first-order valence-electron chi connectivity index (χ1n) is 9.13. The van der Waals surface area contributed by atoms with Crippen LogP contribution in [0.25, 0.3) is 0 Å². The van der Waals surface area contributed by atoms with E-state index in [1.165, 1.54) is 11.1 Å². The number of carbonyl (C=O) groups excluding carboxylic acids is 2. The number of carbonyl (C=O) groups is 2. The van der Waals surface area contributed by atoms with Gasteiger partial charge in [-0.25, -0.2) is 0 Å². The number of hydrogen-bond acceptors (Lipinski definition) is 2. The van der Waals surface area contributed by atoms with Crippen molar-refractivity contribution in [2.45, 2.75) is 40.0 Å². The predicted octanol–water partition coefficient (Wildman–Crippen LogP) is 4.42. The topological polar surface area (TPSA) is 49.4 Å². The van der Waals surface area contributed by atoms with Crippen LogP contribution >= 0.6 is 0 Å². The van der Waals surface area contributed by atoms with Crippen LogP contribution in [0.5, 0.6) is 0 Å². The van der Waals surface area contributed by atoms with Gasteiger partial charge in [0.05, 0.1) is 5.92 Å². The normalized spacial score (nSPS) is 17.0. The molecule has 0 aromatic heterocycles. The van der Waals surface area contributed by atoms with Gasteiger partial charge in [-0.1, -0.05) is 32.0 Å². The summed E-state index contributed by atoms with van der Waals surface area (Å²) in [6, 6.07) is 13.9. The highest BCUT2D eigenvalue weighted by atomic mass is 16.2.